The highest BCUT2D eigenvalue weighted by Gasteiger charge is 2.35. The molecule has 0 aliphatic carbocycles. The average molecular weight is 426 g/mol. The average Bonchev–Trinajstić information content (AvgIpc) is 3.36. The van der Waals surface area contributed by atoms with Crippen LogP contribution in [0, 0.1) is 11.7 Å². The van der Waals surface area contributed by atoms with Crippen LogP contribution in [-0.4, -0.2) is 35.7 Å². The largest absolute Gasteiger partial charge is 0.497 e. The second-order valence-electron chi connectivity index (χ2n) is 6.90. The van der Waals surface area contributed by atoms with Crippen molar-refractivity contribution in [3.63, 3.8) is 0 Å². The van der Waals surface area contributed by atoms with Gasteiger partial charge in [-0.1, -0.05) is 23.5 Å². The van der Waals surface area contributed by atoms with Crippen LogP contribution in [-0.2, 0) is 16.0 Å². The van der Waals surface area contributed by atoms with E-state index in [4.69, 9.17) is 4.74 Å². The van der Waals surface area contributed by atoms with Gasteiger partial charge in [0.1, 0.15) is 16.6 Å². The molecule has 0 radical (unpaired) electrons. The van der Waals surface area contributed by atoms with Gasteiger partial charge in [0.25, 0.3) is 0 Å². The van der Waals surface area contributed by atoms with E-state index in [2.05, 4.69) is 15.5 Å². The van der Waals surface area contributed by atoms with E-state index in [9.17, 15) is 14.0 Å². The van der Waals surface area contributed by atoms with E-state index in [1.54, 1.807) is 48.4 Å². The van der Waals surface area contributed by atoms with Gasteiger partial charge in [-0.3, -0.25) is 9.59 Å². The van der Waals surface area contributed by atoms with Crippen molar-refractivity contribution in [2.45, 2.75) is 12.8 Å². The van der Waals surface area contributed by atoms with Crippen molar-refractivity contribution in [1.82, 2.24) is 10.2 Å². The van der Waals surface area contributed by atoms with Crippen molar-refractivity contribution < 1.29 is 18.7 Å². The molecule has 30 heavy (non-hydrogen) atoms. The number of hydrogen-bond acceptors (Lipinski definition) is 6. The van der Waals surface area contributed by atoms with Gasteiger partial charge < -0.3 is 15.0 Å². The van der Waals surface area contributed by atoms with Gasteiger partial charge in [-0.15, -0.1) is 10.2 Å². The van der Waals surface area contributed by atoms with E-state index in [1.165, 1.54) is 23.5 Å². The lowest BCUT2D eigenvalue weighted by Gasteiger charge is -2.16. The number of anilines is 2. The number of halogens is 1. The molecule has 7 nitrogen and oxygen atoms in total. The molecule has 0 spiro atoms. The zero-order valence-electron chi connectivity index (χ0n) is 16.2. The Kier molecular flexibility index (Phi) is 5.71. The maximum atomic E-state index is 13.0. The molecule has 1 aliphatic heterocycles. The van der Waals surface area contributed by atoms with E-state index in [0.717, 1.165) is 11.3 Å². The molecule has 2 heterocycles. The van der Waals surface area contributed by atoms with Crippen molar-refractivity contribution in [2.24, 2.45) is 5.92 Å². The Bertz CT molecular complexity index is 1050. The number of aromatic nitrogens is 2. The van der Waals surface area contributed by atoms with Gasteiger partial charge in [0.2, 0.25) is 16.9 Å². The monoisotopic (exact) mass is 426 g/mol. The highest BCUT2D eigenvalue weighted by Crippen LogP contribution is 2.28. The Morgan fingerprint density at radius 2 is 1.93 bits per heavy atom. The van der Waals surface area contributed by atoms with Gasteiger partial charge >= 0.3 is 0 Å². The van der Waals surface area contributed by atoms with E-state index in [0.29, 0.717) is 28.9 Å². The lowest BCUT2D eigenvalue weighted by molar-refractivity contribution is -0.122. The van der Waals surface area contributed by atoms with Crippen LogP contribution in [0.3, 0.4) is 0 Å². The molecule has 3 aromatic rings. The summed E-state index contributed by atoms with van der Waals surface area (Å²) in [7, 11) is 1.58. The fourth-order valence-corrected chi connectivity index (χ4v) is 4.03. The highest BCUT2D eigenvalue weighted by atomic mass is 32.1. The standard InChI is InChI=1S/C21H19FN4O3S/c1-29-17-8-6-16(7-9-17)26-12-14(11-19(26)27)20(28)23-21-25-24-18(30-21)10-13-2-4-15(22)5-3-13/h2-9,14H,10-12H2,1H3,(H,23,25,28)/t14-/m0/s1. The molecule has 1 atom stereocenters. The van der Waals surface area contributed by atoms with Gasteiger partial charge in [-0.05, 0) is 42.0 Å². The molecule has 1 fully saturated rings. The first-order valence-corrected chi connectivity index (χ1v) is 10.2. The van der Waals surface area contributed by atoms with Crippen LogP contribution in [0.4, 0.5) is 15.2 Å². The number of carbonyl (C=O) groups is 2. The smallest absolute Gasteiger partial charge is 0.231 e. The van der Waals surface area contributed by atoms with E-state index >= 15 is 0 Å². The van der Waals surface area contributed by atoms with Gasteiger partial charge in [0.05, 0.1) is 13.0 Å². The predicted molar refractivity (Wildman–Crippen MR) is 111 cm³/mol. The van der Waals surface area contributed by atoms with Crippen molar-refractivity contribution in [2.75, 3.05) is 23.9 Å². The van der Waals surface area contributed by atoms with Gasteiger partial charge in [0, 0.05) is 25.1 Å². The SMILES string of the molecule is COc1ccc(N2C[C@@H](C(=O)Nc3nnc(Cc4ccc(F)cc4)s3)CC2=O)cc1. The van der Waals surface area contributed by atoms with Crippen molar-refractivity contribution >= 4 is 34.0 Å². The summed E-state index contributed by atoms with van der Waals surface area (Å²) >= 11 is 1.26. The summed E-state index contributed by atoms with van der Waals surface area (Å²) in [6, 6.07) is 13.3. The first-order chi connectivity index (χ1) is 14.5. The zero-order valence-corrected chi connectivity index (χ0v) is 17.0. The summed E-state index contributed by atoms with van der Waals surface area (Å²) in [5, 5.41) is 11.9. The van der Waals surface area contributed by atoms with Crippen molar-refractivity contribution in [3.05, 3.63) is 64.9 Å². The molecule has 9 heteroatoms. The quantitative estimate of drug-likeness (QED) is 0.654. The van der Waals surface area contributed by atoms with Crippen LogP contribution >= 0.6 is 11.3 Å². The van der Waals surface area contributed by atoms with Crippen molar-refractivity contribution in [3.8, 4) is 5.75 Å². The minimum Gasteiger partial charge on any atom is -0.497 e. The Morgan fingerprint density at radius 1 is 1.20 bits per heavy atom. The molecular formula is C21H19FN4O3S. The van der Waals surface area contributed by atoms with E-state index in [1.807, 2.05) is 0 Å². The molecule has 2 amide bonds. The molecule has 4 rings (SSSR count). The molecule has 0 unspecified atom stereocenters. The van der Waals surface area contributed by atoms with E-state index in [-0.39, 0.29) is 24.1 Å². The Balaban J connectivity index is 1.36. The summed E-state index contributed by atoms with van der Waals surface area (Å²) < 4.78 is 18.1. The Morgan fingerprint density at radius 3 is 2.63 bits per heavy atom. The third kappa shape index (κ3) is 4.46. The molecular weight excluding hydrogens is 407 g/mol. The predicted octanol–water partition coefficient (Wildman–Crippen LogP) is 3.27. The van der Waals surface area contributed by atoms with Crippen LogP contribution < -0.4 is 15.0 Å². The molecule has 1 saturated heterocycles. The Hall–Kier alpha value is -3.33. The molecule has 1 N–H and O–H groups in total. The molecule has 2 aromatic carbocycles. The van der Waals surface area contributed by atoms with Gasteiger partial charge in [-0.2, -0.15) is 0 Å². The molecule has 1 aliphatic rings. The number of nitrogens with one attached hydrogen (secondary N) is 1. The number of ether oxygens (including phenoxy) is 1. The fourth-order valence-electron chi connectivity index (χ4n) is 3.25. The molecule has 154 valence electrons. The minimum absolute atomic E-state index is 0.102. The van der Waals surface area contributed by atoms with Crippen LogP contribution in [0.15, 0.2) is 48.5 Å². The van der Waals surface area contributed by atoms with Gasteiger partial charge in [0.15, 0.2) is 0 Å². The van der Waals surface area contributed by atoms with E-state index < -0.39 is 5.92 Å². The topological polar surface area (TPSA) is 84.4 Å². The van der Waals surface area contributed by atoms with Gasteiger partial charge in [-0.25, -0.2) is 4.39 Å². The summed E-state index contributed by atoms with van der Waals surface area (Å²) in [5.74, 6) is -0.423. The maximum Gasteiger partial charge on any atom is 0.231 e. The summed E-state index contributed by atoms with van der Waals surface area (Å²) in [6.45, 7) is 0.304. The normalized spacial score (nSPS) is 16.0. The van der Waals surface area contributed by atoms with Crippen LogP contribution in [0.1, 0.15) is 17.0 Å². The molecule has 1 aromatic heterocycles. The van der Waals surface area contributed by atoms with Crippen LogP contribution in [0.5, 0.6) is 5.75 Å². The van der Waals surface area contributed by atoms with Crippen LogP contribution in [0.25, 0.3) is 0 Å². The highest BCUT2D eigenvalue weighted by molar-refractivity contribution is 7.15. The maximum absolute atomic E-state index is 13.0. The number of carbonyl (C=O) groups excluding carboxylic acids is 2. The number of methoxy groups -OCH3 is 1. The number of nitrogens with zero attached hydrogens (tertiary/aromatic N) is 3. The second kappa shape index (κ2) is 8.58. The zero-order chi connectivity index (χ0) is 21.1. The Labute approximate surface area is 176 Å². The molecule has 0 bridgehead atoms. The third-order valence-electron chi connectivity index (χ3n) is 4.85. The number of benzene rings is 2. The summed E-state index contributed by atoms with van der Waals surface area (Å²) in [4.78, 5) is 26.6. The summed E-state index contributed by atoms with van der Waals surface area (Å²) in [5.41, 5.74) is 1.63. The number of rotatable bonds is 6. The molecule has 0 saturated carbocycles. The minimum atomic E-state index is -0.468. The first-order valence-electron chi connectivity index (χ1n) is 9.34. The third-order valence-corrected chi connectivity index (χ3v) is 5.68. The van der Waals surface area contributed by atoms with Crippen molar-refractivity contribution in [1.29, 1.82) is 0 Å². The number of hydrogen-bond donors (Lipinski definition) is 1. The summed E-state index contributed by atoms with van der Waals surface area (Å²) in [6.07, 6.45) is 0.639. The second-order valence-corrected chi connectivity index (χ2v) is 7.96. The van der Waals surface area contributed by atoms with Crippen LogP contribution in [0.2, 0.25) is 0 Å². The fraction of sp³-hybridized carbons (Fsp3) is 0.238. The first kappa shape index (κ1) is 20.0. The number of amides is 2. The lowest BCUT2D eigenvalue weighted by Crippen LogP contribution is -2.28. The lowest BCUT2D eigenvalue weighted by atomic mass is 10.1.